The van der Waals surface area contributed by atoms with Crippen LogP contribution in [0.4, 0.5) is 0 Å². The Bertz CT molecular complexity index is 172. The van der Waals surface area contributed by atoms with Crippen LogP contribution in [0.3, 0.4) is 0 Å². The van der Waals surface area contributed by atoms with E-state index in [9.17, 15) is 0 Å². The molecule has 0 bridgehead atoms. The minimum absolute atomic E-state index is 1.01. The van der Waals surface area contributed by atoms with Gasteiger partial charge in [0.1, 0.15) is 0 Å². The van der Waals surface area contributed by atoms with E-state index >= 15 is 0 Å². The molecule has 1 nitrogen and oxygen atoms in total. The summed E-state index contributed by atoms with van der Waals surface area (Å²) in [6.45, 7) is 4.66. The van der Waals surface area contributed by atoms with Crippen molar-refractivity contribution in [2.45, 2.75) is 58.3 Å². The Kier molecular flexibility index (Phi) is 4.49. The van der Waals surface area contributed by atoms with Gasteiger partial charge in [0.2, 0.25) is 0 Å². The second kappa shape index (κ2) is 5.89. The van der Waals surface area contributed by atoms with Crippen molar-refractivity contribution >= 4 is 0 Å². The fraction of sp³-hybridized carbons (Fsp3) is 1.00. The molecule has 2 rings (SSSR count). The van der Waals surface area contributed by atoms with Crippen molar-refractivity contribution in [2.24, 2.45) is 17.8 Å². The third-order valence-electron chi connectivity index (χ3n) is 4.63. The van der Waals surface area contributed by atoms with Gasteiger partial charge >= 0.3 is 0 Å². The van der Waals surface area contributed by atoms with Crippen molar-refractivity contribution in [2.75, 3.05) is 13.1 Å². The van der Waals surface area contributed by atoms with E-state index in [0.717, 1.165) is 24.3 Å². The highest BCUT2D eigenvalue weighted by atomic mass is 14.8. The standard InChI is InChI=1S/C14H27N/c1-2-15-11-13-9-6-10-14(13)12-7-4-3-5-8-12/h12-15H,2-11H2,1H3. The van der Waals surface area contributed by atoms with Crippen molar-refractivity contribution in [3.8, 4) is 0 Å². The fourth-order valence-corrected chi connectivity index (χ4v) is 3.83. The molecule has 2 atom stereocenters. The normalized spacial score (nSPS) is 33.4. The molecule has 88 valence electrons. The molecule has 0 radical (unpaired) electrons. The SMILES string of the molecule is CCNCC1CCCC1C1CCCCC1. The zero-order valence-corrected chi connectivity index (χ0v) is 10.3. The summed E-state index contributed by atoms with van der Waals surface area (Å²) in [6.07, 6.45) is 12.1. The van der Waals surface area contributed by atoms with Gasteiger partial charge in [0, 0.05) is 0 Å². The molecule has 2 saturated carbocycles. The molecule has 1 heteroatoms. The third-order valence-corrected chi connectivity index (χ3v) is 4.63. The lowest BCUT2D eigenvalue weighted by atomic mass is 9.75. The van der Waals surface area contributed by atoms with Crippen LogP contribution in [-0.4, -0.2) is 13.1 Å². The quantitative estimate of drug-likeness (QED) is 0.746. The van der Waals surface area contributed by atoms with E-state index in [1.54, 1.807) is 0 Å². The van der Waals surface area contributed by atoms with Crippen LogP contribution in [0, 0.1) is 17.8 Å². The summed E-state index contributed by atoms with van der Waals surface area (Å²) in [5, 5.41) is 3.56. The average molecular weight is 209 g/mol. The maximum atomic E-state index is 3.56. The monoisotopic (exact) mass is 209 g/mol. The van der Waals surface area contributed by atoms with E-state index in [1.807, 2.05) is 0 Å². The Morgan fingerprint density at radius 1 is 0.933 bits per heavy atom. The van der Waals surface area contributed by atoms with Crippen molar-refractivity contribution in [1.82, 2.24) is 5.32 Å². The highest BCUT2D eigenvalue weighted by Crippen LogP contribution is 2.42. The van der Waals surface area contributed by atoms with Gasteiger partial charge in [-0.25, -0.2) is 0 Å². The molecule has 2 aliphatic rings. The van der Waals surface area contributed by atoms with Gasteiger partial charge in [0.05, 0.1) is 0 Å². The largest absolute Gasteiger partial charge is 0.317 e. The number of hydrogen-bond donors (Lipinski definition) is 1. The number of rotatable bonds is 4. The maximum Gasteiger partial charge on any atom is -0.00179 e. The molecule has 0 aromatic heterocycles. The van der Waals surface area contributed by atoms with Gasteiger partial charge in [-0.15, -0.1) is 0 Å². The summed E-state index contributed by atoms with van der Waals surface area (Å²) < 4.78 is 0. The first kappa shape index (κ1) is 11.4. The lowest BCUT2D eigenvalue weighted by molar-refractivity contribution is 0.199. The van der Waals surface area contributed by atoms with Crippen LogP contribution in [0.1, 0.15) is 58.3 Å². The first-order valence-corrected chi connectivity index (χ1v) is 7.12. The molecule has 2 fully saturated rings. The smallest absolute Gasteiger partial charge is 0.00179 e. The van der Waals surface area contributed by atoms with Gasteiger partial charge in [0.25, 0.3) is 0 Å². The highest BCUT2D eigenvalue weighted by molar-refractivity contribution is 4.85. The minimum atomic E-state index is 1.01. The van der Waals surface area contributed by atoms with Crippen molar-refractivity contribution in [1.29, 1.82) is 0 Å². The van der Waals surface area contributed by atoms with Gasteiger partial charge in [-0.3, -0.25) is 0 Å². The second-order valence-corrected chi connectivity index (χ2v) is 5.56. The van der Waals surface area contributed by atoms with Crippen molar-refractivity contribution in [3.05, 3.63) is 0 Å². The van der Waals surface area contributed by atoms with Crippen LogP contribution in [-0.2, 0) is 0 Å². The second-order valence-electron chi connectivity index (χ2n) is 5.56. The first-order valence-electron chi connectivity index (χ1n) is 7.12. The Labute approximate surface area is 95.0 Å². The fourth-order valence-electron chi connectivity index (χ4n) is 3.83. The van der Waals surface area contributed by atoms with Gasteiger partial charge in [-0.1, -0.05) is 45.4 Å². The number of hydrogen-bond acceptors (Lipinski definition) is 1. The van der Waals surface area contributed by atoms with E-state index in [0.29, 0.717) is 0 Å². The molecule has 0 aromatic carbocycles. The van der Waals surface area contributed by atoms with Crippen molar-refractivity contribution in [3.63, 3.8) is 0 Å². The number of nitrogens with one attached hydrogen (secondary N) is 1. The Morgan fingerprint density at radius 2 is 1.73 bits per heavy atom. The summed E-state index contributed by atoms with van der Waals surface area (Å²) in [5.41, 5.74) is 0. The van der Waals surface area contributed by atoms with E-state index in [2.05, 4.69) is 12.2 Å². The Morgan fingerprint density at radius 3 is 2.47 bits per heavy atom. The van der Waals surface area contributed by atoms with E-state index < -0.39 is 0 Å². The summed E-state index contributed by atoms with van der Waals surface area (Å²) in [4.78, 5) is 0. The van der Waals surface area contributed by atoms with Crippen LogP contribution in [0.2, 0.25) is 0 Å². The molecule has 2 unspecified atom stereocenters. The van der Waals surface area contributed by atoms with Gasteiger partial charge in [0.15, 0.2) is 0 Å². The zero-order chi connectivity index (χ0) is 10.5. The molecule has 2 aliphatic carbocycles. The molecule has 0 spiro atoms. The highest BCUT2D eigenvalue weighted by Gasteiger charge is 2.33. The van der Waals surface area contributed by atoms with Gasteiger partial charge < -0.3 is 5.32 Å². The lowest BCUT2D eigenvalue weighted by Gasteiger charge is -2.31. The van der Waals surface area contributed by atoms with Crippen molar-refractivity contribution < 1.29 is 0 Å². The van der Waals surface area contributed by atoms with E-state index in [1.165, 1.54) is 57.9 Å². The lowest BCUT2D eigenvalue weighted by Crippen LogP contribution is -2.29. The Balaban J connectivity index is 1.82. The molecule has 1 N–H and O–H groups in total. The minimum Gasteiger partial charge on any atom is -0.317 e. The third kappa shape index (κ3) is 2.96. The summed E-state index contributed by atoms with van der Waals surface area (Å²) in [5.74, 6) is 3.17. The predicted octanol–water partition coefficient (Wildman–Crippen LogP) is 3.59. The van der Waals surface area contributed by atoms with E-state index in [-0.39, 0.29) is 0 Å². The molecule has 0 aromatic rings. The summed E-state index contributed by atoms with van der Waals surface area (Å²) in [6, 6.07) is 0. The first-order chi connectivity index (χ1) is 7.42. The Hall–Kier alpha value is -0.0400. The van der Waals surface area contributed by atoms with E-state index in [4.69, 9.17) is 0 Å². The van der Waals surface area contributed by atoms with Crippen LogP contribution < -0.4 is 5.32 Å². The average Bonchev–Trinajstić information content (AvgIpc) is 2.75. The molecular weight excluding hydrogens is 182 g/mol. The van der Waals surface area contributed by atoms with Crippen LogP contribution in [0.5, 0.6) is 0 Å². The zero-order valence-electron chi connectivity index (χ0n) is 10.3. The van der Waals surface area contributed by atoms with Gasteiger partial charge in [-0.05, 0) is 43.7 Å². The topological polar surface area (TPSA) is 12.0 Å². The van der Waals surface area contributed by atoms with Crippen LogP contribution >= 0.6 is 0 Å². The summed E-state index contributed by atoms with van der Waals surface area (Å²) in [7, 11) is 0. The van der Waals surface area contributed by atoms with Gasteiger partial charge in [-0.2, -0.15) is 0 Å². The molecule has 0 heterocycles. The molecule has 0 saturated heterocycles. The van der Waals surface area contributed by atoms with Crippen LogP contribution in [0.15, 0.2) is 0 Å². The molecule has 0 amide bonds. The molecule has 15 heavy (non-hydrogen) atoms. The molecular formula is C14H27N. The predicted molar refractivity (Wildman–Crippen MR) is 65.9 cm³/mol. The maximum absolute atomic E-state index is 3.56. The van der Waals surface area contributed by atoms with Crippen LogP contribution in [0.25, 0.3) is 0 Å². The molecule has 0 aliphatic heterocycles. The summed E-state index contributed by atoms with van der Waals surface area (Å²) >= 11 is 0.